The van der Waals surface area contributed by atoms with Crippen molar-refractivity contribution in [2.24, 2.45) is 9.98 Å². The summed E-state index contributed by atoms with van der Waals surface area (Å²) in [4.78, 5) is 26.4. The lowest BCUT2D eigenvalue weighted by atomic mass is 10.8. The fourth-order valence-corrected chi connectivity index (χ4v) is 2.69. The van der Waals surface area contributed by atoms with Gasteiger partial charge in [0.15, 0.2) is 0 Å². The summed E-state index contributed by atoms with van der Waals surface area (Å²) >= 11 is 3.45. The Balaban J connectivity index is 3.31. The van der Waals surface area contributed by atoms with Crippen molar-refractivity contribution in [3.63, 3.8) is 0 Å². The molecule has 4 nitrogen and oxygen atoms in total. The zero-order valence-corrected chi connectivity index (χ0v) is 9.57. The molecular formula is C8H12N2O2S2. The van der Waals surface area contributed by atoms with Crippen molar-refractivity contribution >= 4 is 35.7 Å². The van der Waals surface area contributed by atoms with E-state index >= 15 is 0 Å². The van der Waals surface area contributed by atoms with E-state index in [0.29, 0.717) is 17.7 Å². The van der Waals surface area contributed by atoms with Crippen molar-refractivity contribution in [3.05, 3.63) is 0 Å². The second-order valence-corrected chi connectivity index (χ2v) is 5.45. The summed E-state index contributed by atoms with van der Waals surface area (Å²) in [5.41, 5.74) is 0. The van der Waals surface area contributed by atoms with E-state index in [1.807, 2.05) is 0 Å². The minimum atomic E-state index is 0.429. The van der Waals surface area contributed by atoms with E-state index < -0.39 is 0 Å². The van der Waals surface area contributed by atoms with Crippen molar-refractivity contribution in [2.75, 3.05) is 24.6 Å². The lowest BCUT2D eigenvalue weighted by Gasteiger charge is -2.07. The van der Waals surface area contributed by atoms with Crippen LogP contribution in [-0.4, -0.2) is 41.3 Å². The minimum Gasteiger partial charge on any atom is -0.211 e. The Hall–Kier alpha value is -0.540. The molecule has 0 aliphatic heterocycles. The van der Waals surface area contributed by atoms with Crippen LogP contribution in [0.15, 0.2) is 9.98 Å². The Morgan fingerprint density at radius 1 is 1.07 bits per heavy atom. The molecule has 0 radical (unpaired) electrons. The molecule has 0 amide bonds. The van der Waals surface area contributed by atoms with Crippen molar-refractivity contribution < 1.29 is 9.59 Å². The fraction of sp³-hybridized carbons (Fsp3) is 0.750. The lowest BCUT2D eigenvalue weighted by Crippen LogP contribution is -1.97. The predicted molar refractivity (Wildman–Crippen MR) is 60.4 cm³/mol. The summed E-state index contributed by atoms with van der Waals surface area (Å²) in [5, 5.41) is 0. The molecule has 0 fully saturated rings. The van der Waals surface area contributed by atoms with Gasteiger partial charge in [-0.1, -0.05) is 0 Å². The summed E-state index contributed by atoms with van der Waals surface area (Å²) in [5.74, 6) is 1.64. The Bertz CT molecular complexity index is 211. The van der Waals surface area contributed by atoms with E-state index in [9.17, 15) is 9.59 Å². The molecule has 6 heteroatoms. The van der Waals surface area contributed by atoms with Crippen molar-refractivity contribution in [3.8, 4) is 0 Å². The second-order valence-electron chi connectivity index (χ2n) is 2.26. The average molecular weight is 232 g/mol. The fourth-order valence-electron chi connectivity index (χ4n) is 0.668. The highest BCUT2D eigenvalue weighted by Crippen LogP contribution is 2.22. The van der Waals surface area contributed by atoms with E-state index in [0.717, 1.165) is 11.5 Å². The quantitative estimate of drug-likeness (QED) is 0.275. The minimum absolute atomic E-state index is 0.429. The molecule has 78 valence electrons. The highest BCUT2D eigenvalue weighted by molar-refractivity contribution is 8.16. The van der Waals surface area contributed by atoms with Crippen LogP contribution in [0.2, 0.25) is 0 Å². The van der Waals surface area contributed by atoms with Crippen LogP contribution in [0.4, 0.5) is 0 Å². The van der Waals surface area contributed by atoms with E-state index in [2.05, 4.69) is 16.9 Å². The molecule has 0 aromatic rings. The molecule has 14 heavy (non-hydrogen) atoms. The molecule has 0 aliphatic rings. The van der Waals surface area contributed by atoms with Crippen LogP contribution >= 0.6 is 23.5 Å². The highest BCUT2D eigenvalue weighted by atomic mass is 32.2. The maximum atomic E-state index is 9.74. The third-order valence-electron chi connectivity index (χ3n) is 1.24. The van der Waals surface area contributed by atoms with Crippen LogP contribution in [0.25, 0.3) is 0 Å². The molecule has 0 atom stereocenters. The average Bonchev–Trinajstić information content (AvgIpc) is 2.19. The Labute approximate surface area is 91.7 Å². The first-order valence-corrected chi connectivity index (χ1v) is 6.21. The monoisotopic (exact) mass is 232 g/mol. The molecule has 0 saturated carbocycles. The van der Waals surface area contributed by atoms with E-state index in [4.69, 9.17) is 0 Å². The zero-order valence-electron chi connectivity index (χ0n) is 7.93. The second kappa shape index (κ2) is 10.5. The molecule has 0 aromatic heterocycles. The summed E-state index contributed by atoms with van der Waals surface area (Å²) in [7, 11) is 0. The zero-order chi connectivity index (χ0) is 10.6. The number of thioether (sulfide) groups is 2. The van der Waals surface area contributed by atoms with Gasteiger partial charge in [0.2, 0.25) is 12.2 Å². The van der Waals surface area contributed by atoms with Gasteiger partial charge in [-0.05, 0) is 6.92 Å². The smallest absolute Gasteiger partial charge is 0.211 e. The molecule has 0 spiro atoms. The van der Waals surface area contributed by atoms with Crippen LogP contribution in [0.1, 0.15) is 6.92 Å². The number of nitrogens with zero attached hydrogens (tertiary/aromatic N) is 2. The van der Waals surface area contributed by atoms with Gasteiger partial charge in [-0.15, -0.1) is 23.5 Å². The SMILES string of the molecule is CC(SCCN=C=O)SCCN=C=O. The Morgan fingerprint density at radius 3 is 1.86 bits per heavy atom. The Kier molecular flexibility index (Phi) is 10.1. The predicted octanol–water partition coefficient (Wildman–Crippen LogP) is 1.47. The lowest BCUT2D eigenvalue weighted by molar-refractivity contribution is 0.562. The number of isocyanates is 2. The number of hydrogen-bond donors (Lipinski definition) is 0. The van der Waals surface area contributed by atoms with Gasteiger partial charge in [-0.3, -0.25) is 0 Å². The summed E-state index contributed by atoms with van der Waals surface area (Å²) in [6.07, 6.45) is 3.00. The first-order valence-electron chi connectivity index (χ1n) is 4.11. The maximum absolute atomic E-state index is 9.74. The molecule has 0 N–H and O–H groups in total. The van der Waals surface area contributed by atoms with Crippen molar-refractivity contribution in [1.82, 2.24) is 0 Å². The number of carbonyl (C=O) groups excluding carboxylic acids is 2. The van der Waals surface area contributed by atoms with Gasteiger partial charge in [0, 0.05) is 16.1 Å². The standard InChI is InChI=1S/C8H12N2O2S2/c1-8(13-4-2-9-6-11)14-5-3-10-7-12/h8H,2-5H2,1H3. The first kappa shape index (κ1) is 13.5. The van der Waals surface area contributed by atoms with E-state index in [-0.39, 0.29) is 0 Å². The van der Waals surface area contributed by atoms with Crippen LogP contribution in [0.3, 0.4) is 0 Å². The van der Waals surface area contributed by atoms with Crippen LogP contribution < -0.4 is 0 Å². The van der Waals surface area contributed by atoms with Crippen LogP contribution in [0.5, 0.6) is 0 Å². The molecule has 0 unspecified atom stereocenters. The van der Waals surface area contributed by atoms with Gasteiger partial charge in [0.25, 0.3) is 0 Å². The van der Waals surface area contributed by atoms with Gasteiger partial charge in [0.05, 0.1) is 13.1 Å². The van der Waals surface area contributed by atoms with Crippen LogP contribution in [0, 0.1) is 0 Å². The third kappa shape index (κ3) is 9.55. The largest absolute Gasteiger partial charge is 0.234 e. The van der Waals surface area contributed by atoms with Crippen molar-refractivity contribution in [2.45, 2.75) is 11.5 Å². The van der Waals surface area contributed by atoms with E-state index in [1.165, 1.54) is 12.2 Å². The normalized spacial score (nSPS) is 11.2. The number of hydrogen-bond acceptors (Lipinski definition) is 6. The molecule has 0 aromatic carbocycles. The van der Waals surface area contributed by atoms with Gasteiger partial charge in [0.1, 0.15) is 0 Å². The van der Waals surface area contributed by atoms with Crippen molar-refractivity contribution in [1.29, 1.82) is 0 Å². The summed E-state index contributed by atoms with van der Waals surface area (Å²) in [6.45, 7) is 3.11. The molecule has 0 bridgehead atoms. The maximum Gasteiger partial charge on any atom is 0.234 e. The van der Waals surface area contributed by atoms with Gasteiger partial charge in [-0.2, -0.15) is 0 Å². The molecule has 0 aliphatic carbocycles. The molecule has 0 saturated heterocycles. The number of aliphatic imine (C=N–C) groups is 2. The van der Waals surface area contributed by atoms with Gasteiger partial charge < -0.3 is 0 Å². The van der Waals surface area contributed by atoms with E-state index in [1.54, 1.807) is 23.5 Å². The highest BCUT2D eigenvalue weighted by Gasteiger charge is 2.01. The molecule has 0 heterocycles. The summed E-state index contributed by atoms with van der Waals surface area (Å²) in [6, 6.07) is 0. The Morgan fingerprint density at radius 2 is 1.50 bits per heavy atom. The number of rotatable bonds is 8. The molecular weight excluding hydrogens is 220 g/mol. The molecule has 0 rings (SSSR count). The van der Waals surface area contributed by atoms with Gasteiger partial charge in [-0.25, -0.2) is 19.6 Å². The topological polar surface area (TPSA) is 58.9 Å². The third-order valence-corrected chi connectivity index (χ3v) is 3.83. The first-order chi connectivity index (χ1) is 6.81. The van der Waals surface area contributed by atoms with Crippen LogP contribution in [-0.2, 0) is 9.59 Å². The van der Waals surface area contributed by atoms with Gasteiger partial charge >= 0.3 is 0 Å². The summed E-state index contributed by atoms with van der Waals surface area (Å²) < 4.78 is 0.429.